The van der Waals surface area contributed by atoms with Gasteiger partial charge in [0.15, 0.2) is 0 Å². The second-order valence-electron chi connectivity index (χ2n) is 5.33. The van der Waals surface area contributed by atoms with E-state index in [9.17, 15) is 0 Å². The number of nitrogens with one attached hydrogen (secondary N) is 1. The Hall–Kier alpha value is -0.0400. The summed E-state index contributed by atoms with van der Waals surface area (Å²) in [6.45, 7) is 2.41. The van der Waals surface area contributed by atoms with Gasteiger partial charge >= 0.3 is 0 Å². The molecule has 2 aliphatic carbocycles. The van der Waals surface area contributed by atoms with Crippen LogP contribution in [-0.2, 0) is 0 Å². The van der Waals surface area contributed by atoms with Gasteiger partial charge in [0.1, 0.15) is 0 Å². The van der Waals surface area contributed by atoms with Gasteiger partial charge in [-0.25, -0.2) is 0 Å². The van der Waals surface area contributed by atoms with Crippen LogP contribution in [0.5, 0.6) is 0 Å². The second-order valence-corrected chi connectivity index (χ2v) is 5.33. The number of hydrogen-bond donors (Lipinski definition) is 1. The topological polar surface area (TPSA) is 12.0 Å². The van der Waals surface area contributed by atoms with Crippen LogP contribution in [-0.4, -0.2) is 12.1 Å². The summed E-state index contributed by atoms with van der Waals surface area (Å²) in [5, 5.41) is 3.86. The molecule has 0 aromatic rings. The zero-order valence-electron chi connectivity index (χ0n) is 9.60. The van der Waals surface area contributed by atoms with Gasteiger partial charge in [-0.2, -0.15) is 0 Å². The molecule has 0 radical (unpaired) electrons. The van der Waals surface area contributed by atoms with Gasteiger partial charge in [-0.15, -0.1) is 0 Å². The molecule has 0 aromatic carbocycles. The van der Waals surface area contributed by atoms with Crippen LogP contribution in [0.25, 0.3) is 0 Å². The monoisotopic (exact) mass is 195 g/mol. The summed E-state index contributed by atoms with van der Waals surface area (Å²) in [6, 6.07) is 1.62. The number of rotatable bonds is 3. The van der Waals surface area contributed by atoms with E-state index in [2.05, 4.69) is 12.2 Å². The number of hydrogen-bond acceptors (Lipinski definition) is 1. The van der Waals surface area contributed by atoms with Crippen molar-refractivity contribution in [3.8, 4) is 0 Å². The van der Waals surface area contributed by atoms with Crippen LogP contribution in [0.3, 0.4) is 0 Å². The predicted molar refractivity (Wildman–Crippen MR) is 61.4 cm³/mol. The summed E-state index contributed by atoms with van der Waals surface area (Å²) in [5.41, 5.74) is 0. The van der Waals surface area contributed by atoms with Crippen molar-refractivity contribution in [2.75, 3.05) is 0 Å². The zero-order valence-corrected chi connectivity index (χ0v) is 9.60. The van der Waals surface area contributed by atoms with Crippen LogP contribution in [0.15, 0.2) is 0 Å². The fraction of sp³-hybridized carbons (Fsp3) is 1.00. The molecule has 1 unspecified atom stereocenters. The minimum atomic E-state index is 0.778. The van der Waals surface area contributed by atoms with Crippen molar-refractivity contribution in [2.24, 2.45) is 5.92 Å². The first-order valence-corrected chi connectivity index (χ1v) is 6.62. The molecule has 0 saturated heterocycles. The molecule has 0 spiro atoms. The van der Waals surface area contributed by atoms with Crippen molar-refractivity contribution < 1.29 is 0 Å². The highest BCUT2D eigenvalue weighted by Gasteiger charge is 2.24. The molecule has 1 nitrogen and oxygen atoms in total. The van der Waals surface area contributed by atoms with Crippen molar-refractivity contribution >= 4 is 0 Å². The van der Waals surface area contributed by atoms with Crippen LogP contribution in [0.4, 0.5) is 0 Å². The minimum absolute atomic E-state index is 0.778. The van der Waals surface area contributed by atoms with E-state index in [0.29, 0.717) is 0 Å². The lowest BCUT2D eigenvalue weighted by Crippen LogP contribution is -2.41. The minimum Gasteiger partial charge on any atom is -0.311 e. The highest BCUT2D eigenvalue weighted by Crippen LogP contribution is 2.28. The molecule has 1 N–H and O–H groups in total. The van der Waals surface area contributed by atoms with Gasteiger partial charge in [-0.05, 0) is 38.5 Å². The molecule has 2 rings (SSSR count). The summed E-state index contributed by atoms with van der Waals surface area (Å²) in [5.74, 6) is 0.983. The normalized spacial score (nSPS) is 28.1. The first-order valence-electron chi connectivity index (χ1n) is 6.62. The Morgan fingerprint density at radius 1 is 0.857 bits per heavy atom. The van der Waals surface area contributed by atoms with Gasteiger partial charge in [0.25, 0.3) is 0 Å². The van der Waals surface area contributed by atoms with Gasteiger partial charge < -0.3 is 5.32 Å². The van der Waals surface area contributed by atoms with E-state index in [1.54, 1.807) is 0 Å². The van der Waals surface area contributed by atoms with Crippen molar-refractivity contribution in [1.82, 2.24) is 5.32 Å². The molecule has 2 saturated carbocycles. The molecule has 2 fully saturated rings. The fourth-order valence-electron chi connectivity index (χ4n) is 3.23. The van der Waals surface area contributed by atoms with E-state index < -0.39 is 0 Å². The van der Waals surface area contributed by atoms with Crippen LogP contribution in [0.2, 0.25) is 0 Å². The van der Waals surface area contributed by atoms with Crippen molar-refractivity contribution in [1.29, 1.82) is 0 Å². The van der Waals surface area contributed by atoms with Crippen LogP contribution in [0, 0.1) is 5.92 Å². The van der Waals surface area contributed by atoms with Crippen LogP contribution >= 0.6 is 0 Å². The third-order valence-corrected chi connectivity index (χ3v) is 4.21. The van der Waals surface area contributed by atoms with E-state index in [0.717, 1.165) is 18.0 Å². The second kappa shape index (κ2) is 5.16. The summed E-state index contributed by atoms with van der Waals surface area (Å²) in [7, 11) is 0. The summed E-state index contributed by atoms with van der Waals surface area (Å²) < 4.78 is 0. The van der Waals surface area contributed by atoms with Gasteiger partial charge in [0, 0.05) is 12.1 Å². The lowest BCUT2D eigenvalue weighted by Gasteiger charge is -2.29. The lowest BCUT2D eigenvalue weighted by molar-refractivity contribution is 0.293. The van der Waals surface area contributed by atoms with E-state index >= 15 is 0 Å². The molecule has 1 atom stereocenters. The SMILES string of the molecule is CC(NC1CCCCC1)C1CCCC1. The van der Waals surface area contributed by atoms with Gasteiger partial charge in [0.05, 0.1) is 0 Å². The smallest absolute Gasteiger partial charge is 0.00696 e. The van der Waals surface area contributed by atoms with E-state index in [1.807, 2.05) is 0 Å². The summed E-state index contributed by atoms with van der Waals surface area (Å²) >= 11 is 0. The highest BCUT2D eigenvalue weighted by atomic mass is 15.0. The Balaban J connectivity index is 1.72. The Morgan fingerprint density at radius 3 is 2.07 bits per heavy atom. The Labute approximate surface area is 88.7 Å². The van der Waals surface area contributed by atoms with E-state index in [-0.39, 0.29) is 0 Å². The molecule has 14 heavy (non-hydrogen) atoms. The molecular formula is C13H25N. The first kappa shape index (κ1) is 10.5. The van der Waals surface area contributed by atoms with Gasteiger partial charge in [-0.1, -0.05) is 32.1 Å². The van der Waals surface area contributed by atoms with Crippen LogP contribution < -0.4 is 5.32 Å². The molecule has 0 amide bonds. The van der Waals surface area contributed by atoms with Gasteiger partial charge in [-0.3, -0.25) is 0 Å². The van der Waals surface area contributed by atoms with E-state index in [1.165, 1.54) is 57.8 Å². The maximum absolute atomic E-state index is 3.86. The zero-order chi connectivity index (χ0) is 9.80. The molecule has 0 heterocycles. The molecular weight excluding hydrogens is 170 g/mol. The molecule has 2 aliphatic rings. The average molecular weight is 195 g/mol. The van der Waals surface area contributed by atoms with Gasteiger partial charge in [0.2, 0.25) is 0 Å². The molecule has 1 heteroatoms. The molecule has 0 aromatic heterocycles. The lowest BCUT2D eigenvalue weighted by atomic mass is 9.92. The Morgan fingerprint density at radius 2 is 1.43 bits per heavy atom. The fourth-order valence-corrected chi connectivity index (χ4v) is 3.23. The average Bonchev–Trinajstić information content (AvgIpc) is 2.72. The molecule has 0 aliphatic heterocycles. The van der Waals surface area contributed by atoms with Crippen LogP contribution in [0.1, 0.15) is 64.7 Å². The largest absolute Gasteiger partial charge is 0.311 e. The third-order valence-electron chi connectivity index (χ3n) is 4.21. The van der Waals surface area contributed by atoms with Crippen molar-refractivity contribution in [3.05, 3.63) is 0 Å². The maximum Gasteiger partial charge on any atom is 0.00696 e. The predicted octanol–water partition coefficient (Wildman–Crippen LogP) is 3.49. The van der Waals surface area contributed by atoms with Crippen molar-refractivity contribution in [2.45, 2.75) is 76.8 Å². The summed E-state index contributed by atoms with van der Waals surface area (Å²) in [6.07, 6.45) is 13.1. The van der Waals surface area contributed by atoms with E-state index in [4.69, 9.17) is 0 Å². The van der Waals surface area contributed by atoms with Crippen molar-refractivity contribution in [3.63, 3.8) is 0 Å². The third kappa shape index (κ3) is 2.73. The standard InChI is InChI=1S/C13H25N/c1-11(12-7-5-6-8-12)14-13-9-3-2-4-10-13/h11-14H,2-10H2,1H3. The highest BCUT2D eigenvalue weighted by molar-refractivity contribution is 4.81. The molecule has 82 valence electrons. The first-order chi connectivity index (χ1) is 6.86. The maximum atomic E-state index is 3.86. The summed E-state index contributed by atoms with van der Waals surface area (Å²) in [4.78, 5) is 0. The quantitative estimate of drug-likeness (QED) is 0.727. The molecule has 0 bridgehead atoms. The Bertz CT molecular complexity index is 155. The Kier molecular flexibility index (Phi) is 3.86.